The highest BCUT2D eigenvalue weighted by Gasteiger charge is 2.20. The Morgan fingerprint density at radius 3 is 2.44 bits per heavy atom. The second-order valence-corrected chi connectivity index (χ2v) is 6.96. The number of anilines is 1. The molecule has 27 heavy (non-hydrogen) atoms. The molecule has 4 rings (SSSR count). The molecule has 0 radical (unpaired) electrons. The molecular formula is C22H22N2O3. The Balaban J connectivity index is 1.51. The summed E-state index contributed by atoms with van der Waals surface area (Å²) < 4.78 is 5.61. The zero-order valence-corrected chi connectivity index (χ0v) is 15.0. The van der Waals surface area contributed by atoms with Gasteiger partial charge in [0.15, 0.2) is 5.76 Å². The van der Waals surface area contributed by atoms with Crippen molar-refractivity contribution in [1.82, 2.24) is 5.32 Å². The molecule has 1 aliphatic rings. The van der Waals surface area contributed by atoms with Crippen LogP contribution in [0.15, 0.2) is 59.0 Å². The summed E-state index contributed by atoms with van der Waals surface area (Å²) >= 11 is 0. The van der Waals surface area contributed by atoms with Crippen LogP contribution in [0.5, 0.6) is 0 Å². The van der Waals surface area contributed by atoms with Crippen molar-refractivity contribution in [2.45, 2.75) is 38.1 Å². The van der Waals surface area contributed by atoms with E-state index in [0.717, 1.165) is 31.1 Å². The Hall–Kier alpha value is -3.08. The summed E-state index contributed by atoms with van der Waals surface area (Å²) in [5, 5.41) is 6.78. The van der Waals surface area contributed by atoms with Crippen molar-refractivity contribution < 1.29 is 14.0 Å². The van der Waals surface area contributed by atoms with Gasteiger partial charge in [-0.1, -0.05) is 49.6 Å². The molecule has 2 aromatic carbocycles. The van der Waals surface area contributed by atoms with Gasteiger partial charge >= 0.3 is 0 Å². The fourth-order valence-corrected chi connectivity index (χ4v) is 3.58. The first kappa shape index (κ1) is 17.3. The summed E-state index contributed by atoms with van der Waals surface area (Å²) in [6, 6.07) is 16.4. The summed E-state index contributed by atoms with van der Waals surface area (Å²) in [5.74, 6) is -0.301. The number of para-hydroxylation sites is 2. The largest absolute Gasteiger partial charge is 0.451 e. The van der Waals surface area contributed by atoms with Crippen molar-refractivity contribution in [2.24, 2.45) is 0 Å². The first-order valence-electron chi connectivity index (χ1n) is 9.40. The minimum atomic E-state index is -0.371. The van der Waals surface area contributed by atoms with Crippen LogP contribution in [-0.4, -0.2) is 17.9 Å². The maximum absolute atomic E-state index is 12.7. The molecule has 0 aliphatic heterocycles. The average Bonchev–Trinajstić information content (AvgIpc) is 3.13. The molecule has 0 unspecified atom stereocenters. The van der Waals surface area contributed by atoms with Gasteiger partial charge in [-0.05, 0) is 37.1 Å². The fraction of sp³-hybridized carbons (Fsp3) is 0.273. The maximum atomic E-state index is 12.7. The second kappa shape index (κ2) is 7.66. The first-order chi connectivity index (χ1) is 13.2. The average molecular weight is 362 g/mol. The van der Waals surface area contributed by atoms with Gasteiger partial charge in [-0.3, -0.25) is 9.59 Å². The summed E-state index contributed by atoms with van der Waals surface area (Å²) in [4.78, 5) is 25.3. The number of fused-ring (bicyclic) bond motifs is 1. The molecule has 138 valence electrons. The van der Waals surface area contributed by atoms with Crippen LogP contribution in [0.1, 0.15) is 53.0 Å². The highest BCUT2D eigenvalue weighted by atomic mass is 16.3. The molecule has 1 fully saturated rings. The molecule has 0 bridgehead atoms. The van der Waals surface area contributed by atoms with Gasteiger partial charge in [0, 0.05) is 11.4 Å². The van der Waals surface area contributed by atoms with Crippen LogP contribution in [0.4, 0.5) is 5.69 Å². The predicted octanol–water partition coefficient (Wildman–Crippen LogP) is 4.75. The number of hydrogen-bond donors (Lipinski definition) is 2. The molecule has 5 heteroatoms. The quantitative estimate of drug-likeness (QED) is 0.704. The monoisotopic (exact) mass is 362 g/mol. The van der Waals surface area contributed by atoms with E-state index >= 15 is 0 Å². The number of carbonyl (C=O) groups is 2. The highest BCUT2D eigenvalue weighted by molar-refractivity contribution is 6.09. The molecule has 1 aliphatic carbocycles. The molecule has 1 aromatic heterocycles. The molecule has 2 amide bonds. The lowest BCUT2D eigenvalue weighted by Crippen LogP contribution is -2.36. The number of rotatable bonds is 4. The fourth-order valence-electron chi connectivity index (χ4n) is 3.58. The van der Waals surface area contributed by atoms with Gasteiger partial charge in [-0.2, -0.15) is 0 Å². The lowest BCUT2D eigenvalue weighted by Gasteiger charge is -2.23. The lowest BCUT2D eigenvalue weighted by molar-refractivity contribution is 0.0928. The van der Waals surface area contributed by atoms with Crippen molar-refractivity contribution in [3.63, 3.8) is 0 Å². The van der Waals surface area contributed by atoms with E-state index in [0.29, 0.717) is 16.8 Å². The molecule has 2 N–H and O–H groups in total. The number of benzene rings is 2. The first-order valence-corrected chi connectivity index (χ1v) is 9.40. The van der Waals surface area contributed by atoms with Gasteiger partial charge in [-0.15, -0.1) is 0 Å². The Kier molecular flexibility index (Phi) is 4.92. The third-order valence-electron chi connectivity index (χ3n) is 5.01. The Morgan fingerprint density at radius 1 is 0.889 bits per heavy atom. The smallest absolute Gasteiger partial charge is 0.291 e. The lowest BCUT2D eigenvalue weighted by atomic mass is 9.95. The summed E-state index contributed by atoms with van der Waals surface area (Å²) in [6.45, 7) is 0. The molecule has 3 aromatic rings. The van der Waals surface area contributed by atoms with Crippen molar-refractivity contribution in [2.75, 3.05) is 5.32 Å². The predicted molar refractivity (Wildman–Crippen MR) is 105 cm³/mol. The standard InChI is InChI=1S/C22H22N2O3/c25-21(23-16-9-2-1-3-10-16)17-11-5-6-12-18(17)24-22(26)20-14-15-8-4-7-13-19(15)27-20/h4-8,11-14,16H,1-3,9-10H2,(H,23,25)(H,24,26). The summed E-state index contributed by atoms with van der Waals surface area (Å²) in [7, 11) is 0. The van der Waals surface area contributed by atoms with Crippen LogP contribution >= 0.6 is 0 Å². The number of carbonyl (C=O) groups excluding carboxylic acids is 2. The van der Waals surface area contributed by atoms with Gasteiger partial charge in [0.1, 0.15) is 5.58 Å². The summed E-state index contributed by atoms with van der Waals surface area (Å²) in [6.07, 6.45) is 5.56. The third kappa shape index (κ3) is 3.87. The molecular weight excluding hydrogens is 340 g/mol. The zero-order chi connectivity index (χ0) is 18.6. The van der Waals surface area contributed by atoms with Crippen molar-refractivity contribution in [3.8, 4) is 0 Å². The van der Waals surface area contributed by atoms with E-state index in [2.05, 4.69) is 10.6 Å². The maximum Gasteiger partial charge on any atom is 0.291 e. The van der Waals surface area contributed by atoms with Crippen molar-refractivity contribution in [1.29, 1.82) is 0 Å². The van der Waals surface area contributed by atoms with Crippen molar-refractivity contribution in [3.05, 3.63) is 65.9 Å². The normalized spacial score (nSPS) is 14.8. The van der Waals surface area contributed by atoms with Gasteiger partial charge in [-0.25, -0.2) is 0 Å². The number of amides is 2. The van der Waals surface area contributed by atoms with E-state index in [1.807, 2.05) is 24.3 Å². The van der Waals surface area contributed by atoms with E-state index in [9.17, 15) is 9.59 Å². The number of furan rings is 1. The SMILES string of the molecule is O=C(Nc1ccccc1C(=O)NC1CCCCC1)c1cc2ccccc2o1. The zero-order valence-electron chi connectivity index (χ0n) is 15.0. The minimum Gasteiger partial charge on any atom is -0.451 e. The highest BCUT2D eigenvalue weighted by Crippen LogP contribution is 2.22. The Labute approximate surface area is 157 Å². The molecule has 0 atom stereocenters. The van der Waals surface area contributed by atoms with Gasteiger partial charge in [0.05, 0.1) is 11.3 Å². The van der Waals surface area contributed by atoms with E-state index < -0.39 is 0 Å². The number of nitrogens with one attached hydrogen (secondary N) is 2. The molecule has 0 saturated heterocycles. The summed E-state index contributed by atoms with van der Waals surface area (Å²) in [5.41, 5.74) is 1.61. The third-order valence-corrected chi connectivity index (χ3v) is 5.01. The van der Waals surface area contributed by atoms with Crippen LogP contribution in [0, 0.1) is 0 Å². The van der Waals surface area contributed by atoms with E-state index in [1.54, 1.807) is 30.3 Å². The number of hydrogen-bond acceptors (Lipinski definition) is 3. The minimum absolute atomic E-state index is 0.151. The molecule has 0 spiro atoms. The van der Waals surface area contributed by atoms with Crippen LogP contribution in [-0.2, 0) is 0 Å². The van der Waals surface area contributed by atoms with Crippen LogP contribution in [0.2, 0.25) is 0 Å². The Bertz CT molecular complexity index is 937. The van der Waals surface area contributed by atoms with Gasteiger partial charge in [0.25, 0.3) is 11.8 Å². The van der Waals surface area contributed by atoms with Gasteiger partial charge in [0.2, 0.25) is 0 Å². The van der Waals surface area contributed by atoms with E-state index in [4.69, 9.17) is 4.42 Å². The topological polar surface area (TPSA) is 71.3 Å². The van der Waals surface area contributed by atoms with Crippen molar-refractivity contribution >= 4 is 28.5 Å². The Morgan fingerprint density at radius 2 is 1.63 bits per heavy atom. The van der Waals surface area contributed by atoms with Gasteiger partial charge < -0.3 is 15.1 Å². The van der Waals surface area contributed by atoms with Crippen LogP contribution < -0.4 is 10.6 Å². The van der Waals surface area contributed by atoms with E-state index in [1.165, 1.54) is 6.42 Å². The van der Waals surface area contributed by atoms with Crippen LogP contribution in [0.3, 0.4) is 0 Å². The molecule has 1 heterocycles. The second-order valence-electron chi connectivity index (χ2n) is 6.96. The molecule has 1 saturated carbocycles. The van der Waals surface area contributed by atoms with E-state index in [-0.39, 0.29) is 23.6 Å². The molecule has 5 nitrogen and oxygen atoms in total. The van der Waals surface area contributed by atoms with Crippen LogP contribution in [0.25, 0.3) is 11.0 Å².